The molecule has 0 saturated heterocycles. The highest BCUT2D eigenvalue weighted by molar-refractivity contribution is 5.46. The molecule has 106 valence electrons. The molecule has 0 heterocycles. The normalized spacial score (nSPS) is 18.4. The van der Waals surface area contributed by atoms with Crippen LogP contribution >= 0.6 is 0 Å². The summed E-state index contributed by atoms with van der Waals surface area (Å²) >= 11 is 0. The van der Waals surface area contributed by atoms with Gasteiger partial charge in [0.2, 0.25) is 0 Å². The summed E-state index contributed by atoms with van der Waals surface area (Å²) in [5, 5.41) is 0. The first-order valence-corrected chi connectivity index (χ1v) is 7.24. The van der Waals surface area contributed by atoms with Gasteiger partial charge in [0.1, 0.15) is 0 Å². The molecule has 2 unspecified atom stereocenters. The summed E-state index contributed by atoms with van der Waals surface area (Å²) in [6.07, 6.45) is 2.69. The van der Waals surface area contributed by atoms with Crippen LogP contribution in [-0.2, 0) is 0 Å². The number of nitrogens with two attached hydrogens (primary N) is 1. The molecule has 1 aliphatic rings. The molecule has 1 fully saturated rings. The maximum atomic E-state index is 5.95. The van der Waals surface area contributed by atoms with Crippen molar-refractivity contribution in [2.45, 2.75) is 31.8 Å². The number of rotatable bonds is 6. The summed E-state index contributed by atoms with van der Waals surface area (Å²) in [4.78, 5) is 4.58. The van der Waals surface area contributed by atoms with Gasteiger partial charge in [-0.15, -0.1) is 0 Å². The third-order valence-corrected chi connectivity index (χ3v) is 4.43. The first-order chi connectivity index (χ1) is 9.04. The van der Waals surface area contributed by atoms with Crippen LogP contribution in [0.25, 0.3) is 0 Å². The van der Waals surface area contributed by atoms with E-state index in [1.54, 1.807) is 0 Å². The SMILES string of the molecule is CC(c1ccc(N(C)C)cc1)N(C)C(CN)C1CC1. The first-order valence-electron chi connectivity index (χ1n) is 7.24. The lowest BCUT2D eigenvalue weighted by Gasteiger charge is -2.33. The second-order valence-corrected chi connectivity index (χ2v) is 5.97. The van der Waals surface area contributed by atoms with Gasteiger partial charge in [0.05, 0.1) is 0 Å². The minimum Gasteiger partial charge on any atom is -0.378 e. The van der Waals surface area contributed by atoms with Crippen molar-refractivity contribution in [3.05, 3.63) is 29.8 Å². The molecule has 1 aromatic rings. The van der Waals surface area contributed by atoms with Crippen LogP contribution < -0.4 is 10.6 Å². The number of nitrogens with zero attached hydrogens (tertiary/aromatic N) is 2. The van der Waals surface area contributed by atoms with E-state index >= 15 is 0 Å². The number of anilines is 1. The lowest BCUT2D eigenvalue weighted by atomic mass is 10.0. The topological polar surface area (TPSA) is 32.5 Å². The van der Waals surface area contributed by atoms with Crippen molar-refractivity contribution >= 4 is 5.69 Å². The van der Waals surface area contributed by atoms with E-state index in [2.05, 4.69) is 62.1 Å². The standard InChI is InChI=1S/C16H27N3/c1-12(19(4)16(11-17)14-5-6-14)13-7-9-15(10-8-13)18(2)3/h7-10,12,14,16H,5-6,11,17H2,1-4H3. The lowest BCUT2D eigenvalue weighted by Crippen LogP contribution is -2.41. The van der Waals surface area contributed by atoms with Crippen molar-refractivity contribution in [3.63, 3.8) is 0 Å². The van der Waals surface area contributed by atoms with Crippen LogP contribution in [-0.4, -0.2) is 38.6 Å². The van der Waals surface area contributed by atoms with Crippen LogP contribution in [0.1, 0.15) is 31.4 Å². The fourth-order valence-corrected chi connectivity index (χ4v) is 2.75. The fraction of sp³-hybridized carbons (Fsp3) is 0.625. The highest BCUT2D eigenvalue weighted by atomic mass is 15.2. The van der Waals surface area contributed by atoms with Gasteiger partial charge in [0.15, 0.2) is 0 Å². The van der Waals surface area contributed by atoms with Gasteiger partial charge in [-0.05, 0) is 50.4 Å². The van der Waals surface area contributed by atoms with Crippen molar-refractivity contribution in [3.8, 4) is 0 Å². The Labute approximate surface area is 117 Å². The molecule has 0 aromatic heterocycles. The highest BCUT2D eigenvalue weighted by Crippen LogP contribution is 2.37. The van der Waals surface area contributed by atoms with Gasteiger partial charge in [0.25, 0.3) is 0 Å². The van der Waals surface area contributed by atoms with E-state index in [0.717, 1.165) is 12.5 Å². The zero-order valence-corrected chi connectivity index (χ0v) is 12.6. The van der Waals surface area contributed by atoms with Gasteiger partial charge in [0, 0.05) is 38.4 Å². The Morgan fingerprint density at radius 2 is 1.74 bits per heavy atom. The Hall–Kier alpha value is -1.06. The van der Waals surface area contributed by atoms with Crippen molar-refractivity contribution in [2.75, 3.05) is 32.6 Å². The van der Waals surface area contributed by atoms with E-state index in [9.17, 15) is 0 Å². The molecule has 0 bridgehead atoms. The lowest BCUT2D eigenvalue weighted by molar-refractivity contribution is 0.170. The third kappa shape index (κ3) is 3.28. The van der Waals surface area contributed by atoms with E-state index < -0.39 is 0 Å². The van der Waals surface area contributed by atoms with Gasteiger partial charge in [-0.25, -0.2) is 0 Å². The van der Waals surface area contributed by atoms with Crippen LogP contribution in [0.3, 0.4) is 0 Å². The van der Waals surface area contributed by atoms with Gasteiger partial charge < -0.3 is 10.6 Å². The summed E-state index contributed by atoms with van der Waals surface area (Å²) in [6, 6.07) is 9.80. The van der Waals surface area contributed by atoms with Gasteiger partial charge in [-0.2, -0.15) is 0 Å². The van der Waals surface area contributed by atoms with Crippen molar-refractivity contribution in [1.29, 1.82) is 0 Å². The molecule has 2 N–H and O–H groups in total. The second kappa shape index (κ2) is 5.93. The molecule has 0 spiro atoms. The molecule has 19 heavy (non-hydrogen) atoms. The second-order valence-electron chi connectivity index (χ2n) is 5.97. The van der Waals surface area contributed by atoms with E-state index in [1.165, 1.54) is 24.1 Å². The average Bonchev–Trinajstić information content (AvgIpc) is 3.23. The van der Waals surface area contributed by atoms with Gasteiger partial charge in [-0.3, -0.25) is 4.90 Å². The molecule has 3 nitrogen and oxygen atoms in total. The molecule has 2 rings (SSSR count). The Balaban J connectivity index is 2.07. The minimum atomic E-state index is 0.422. The zero-order chi connectivity index (χ0) is 14.0. The monoisotopic (exact) mass is 261 g/mol. The minimum absolute atomic E-state index is 0.422. The third-order valence-electron chi connectivity index (χ3n) is 4.43. The van der Waals surface area contributed by atoms with Crippen LogP contribution in [0.4, 0.5) is 5.69 Å². The van der Waals surface area contributed by atoms with Gasteiger partial charge in [-0.1, -0.05) is 12.1 Å². The zero-order valence-electron chi connectivity index (χ0n) is 12.6. The molecular weight excluding hydrogens is 234 g/mol. The Kier molecular flexibility index (Phi) is 4.48. The molecule has 1 aromatic carbocycles. The van der Waals surface area contributed by atoms with Crippen molar-refractivity contribution in [2.24, 2.45) is 11.7 Å². The molecule has 2 atom stereocenters. The Morgan fingerprint density at radius 1 is 1.16 bits per heavy atom. The number of benzene rings is 1. The summed E-state index contributed by atoms with van der Waals surface area (Å²) in [5.41, 5.74) is 8.56. The molecule has 0 aliphatic heterocycles. The van der Waals surface area contributed by atoms with E-state index in [4.69, 9.17) is 5.73 Å². The van der Waals surface area contributed by atoms with Crippen LogP contribution in [0.5, 0.6) is 0 Å². The molecule has 1 aliphatic carbocycles. The quantitative estimate of drug-likeness (QED) is 0.854. The van der Waals surface area contributed by atoms with Crippen LogP contribution in [0.15, 0.2) is 24.3 Å². The molecule has 3 heteroatoms. The summed E-state index contributed by atoms with van der Waals surface area (Å²) < 4.78 is 0. The summed E-state index contributed by atoms with van der Waals surface area (Å²) in [7, 11) is 6.35. The summed E-state index contributed by atoms with van der Waals surface area (Å²) in [6.45, 7) is 3.04. The predicted molar refractivity (Wildman–Crippen MR) is 82.5 cm³/mol. The molecule has 1 saturated carbocycles. The Morgan fingerprint density at radius 3 is 2.16 bits per heavy atom. The summed E-state index contributed by atoms with van der Waals surface area (Å²) in [5.74, 6) is 0.818. The highest BCUT2D eigenvalue weighted by Gasteiger charge is 2.34. The predicted octanol–water partition coefficient (Wildman–Crippen LogP) is 2.48. The van der Waals surface area contributed by atoms with Crippen LogP contribution in [0, 0.1) is 5.92 Å². The largest absolute Gasteiger partial charge is 0.378 e. The van der Waals surface area contributed by atoms with E-state index in [1.807, 2.05) is 0 Å². The molecule has 0 amide bonds. The molecule has 0 radical (unpaired) electrons. The van der Waals surface area contributed by atoms with Crippen molar-refractivity contribution < 1.29 is 0 Å². The van der Waals surface area contributed by atoms with E-state index in [0.29, 0.717) is 12.1 Å². The van der Waals surface area contributed by atoms with Crippen molar-refractivity contribution in [1.82, 2.24) is 4.90 Å². The van der Waals surface area contributed by atoms with Crippen LogP contribution in [0.2, 0.25) is 0 Å². The molecular formula is C16H27N3. The van der Waals surface area contributed by atoms with Gasteiger partial charge >= 0.3 is 0 Å². The number of likely N-dealkylation sites (N-methyl/N-ethyl adjacent to an activating group) is 1. The maximum absolute atomic E-state index is 5.95. The number of hydrogen-bond acceptors (Lipinski definition) is 3. The first kappa shape index (κ1) is 14.4. The van der Waals surface area contributed by atoms with E-state index in [-0.39, 0.29) is 0 Å². The smallest absolute Gasteiger partial charge is 0.0361 e. The number of hydrogen-bond donors (Lipinski definition) is 1. The average molecular weight is 261 g/mol. The Bertz CT molecular complexity index is 395. The fourth-order valence-electron chi connectivity index (χ4n) is 2.75. The maximum Gasteiger partial charge on any atom is 0.0361 e.